The van der Waals surface area contributed by atoms with Gasteiger partial charge >= 0.3 is 5.97 Å². The van der Waals surface area contributed by atoms with Crippen molar-refractivity contribution < 1.29 is 14.7 Å². The van der Waals surface area contributed by atoms with E-state index < -0.39 is 5.97 Å². The molecule has 0 saturated heterocycles. The molecule has 56 valence electrons. The van der Waals surface area contributed by atoms with Crippen LogP contribution in [0.1, 0.15) is 6.92 Å². The first-order valence-electron chi connectivity index (χ1n) is 2.71. The van der Waals surface area contributed by atoms with Crippen molar-refractivity contribution in [1.82, 2.24) is 5.32 Å². The lowest BCUT2D eigenvalue weighted by atomic mass is 10.3. The molecule has 4 heteroatoms. The highest BCUT2D eigenvalue weighted by atomic mass is 16.4. The van der Waals surface area contributed by atoms with Gasteiger partial charge < -0.3 is 10.4 Å². The minimum Gasteiger partial charge on any atom is -0.478 e. The monoisotopic (exact) mass is 143 g/mol. The number of likely N-dealkylation sites (N-methyl/N-ethyl adjacent to an activating group) is 1. The van der Waals surface area contributed by atoms with E-state index in [4.69, 9.17) is 5.11 Å². The number of carboxylic acid groups (broad SMARTS) is 1. The van der Waals surface area contributed by atoms with Crippen molar-refractivity contribution in [2.75, 3.05) is 7.05 Å². The number of aliphatic carboxylic acids is 1. The molecule has 4 nitrogen and oxygen atoms in total. The van der Waals surface area contributed by atoms with Gasteiger partial charge in [-0.2, -0.15) is 0 Å². The van der Waals surface area contributed by atoms with Gasteiger partial charge in [0.1, 0.15) is 0 Å². The average Bonchev–Trinajstić information content (AvgIpc) is 1.85. The molecule has 0 heterocycles. The third-order valence-electron chi connectivity index (χ3n) is 0.925. The van der Waals surface area contributed by atoms with Crippen LogP contribution >= 0.6 is 0 Å². The highest BCUT2D eigenvalue weighted by Crippen LogP contribution is 1.89. The summed E-state index contributed by atoms with van der Waals surface area (Å²) in [5, 5.41) is 10.5. The highest BCUT2D eigenvalue weighted by Gasteiger charge is 2.01. The molecule has 0 atom stereocenters. The fourth-order valence-corrected chi connectivity index (χ4v) is 0.448. The van der Waals surface area contributed by atoms with Crippen LogP contribution in [-0.4, -0.2) is 24.0 Å². The number of rotatable bonds is 2. The van der Waals surface area contributed by atoms with Gasteiger partial charge in [-0.1, -0.05) is 0 Å². The van der Waals surface area contributed by atoms with Crippen LogP contribution in [0.2, 0.25) is 0 Å². The summed E-state index contributed by atoms with van der Waals surface area (Å²) in [5.74, 6) is -1.48. The van der Waals surface area contributed by atoms with Gasteiger partial charge in [-0.15, -0.1) is 0 Å². The molecule has 0 aromatic carbocycles. The molecular formula is C6H9NO3. The summed E-state index contributed by atoms with van der Waals surface area (Å²) in [6.07, 6.45) is 0.860. The zero-order valence-electron chi connectivity index (χ0n) is 5.84. The van der Waals surface area contributed by atoms with Crippen LogP contribution in [0.5, 0.6) is 0 Å². The maximum atomic E-state index is 10.6. The lowest BCUT2D eigenvalue weighted by Gasteiger charge is -1.95. The van der Waals surface area contributed by atoms with Gasteiger partial charge in [0, 0.05) is 18.7 Å². The first-order chi connectivity index (χ1) is 4.57. The van der Waals surface area contributed by atoms with Gasteiger partial charge in [0.05, 0.1) is 0 Å². The summed E-state index contributed by atoms with van der Waals surface area (Å²) in [5.41, 5.74) is 0.190. The van der Waals surface area contributed by atoms with E-state index in [-0.39, 0.29) is 11.5 Å². The molecule has 0 saturated carbocycles. The molecule has 10 heavy (non-hydrogen) atoms. The molecule has 0 aromatic heterocycles. The number of carboxylic acids is 1. The molecular weight excluding hydrogens is 134 g/mol. The van der Waals surface area contributed by atoms with E-state index in [0.29, 0.717) is 0 Å². The van der Waals surface area contributed by atoms with Crippen LogP contribution in [0.3, 0.4) is 0 Å². The van der Waals surface area contributed by atoms with Crippen molar-refractivity contribution in [2.45, 2.75) is 6.92 Å². The number of amides is 1. The highest BCUT2D eigenvalue weighted by molar-refractivity contribution is 5.98. The molecule has 0 fully saturated rings. The third-order valence-corrected chi connectivity index (χ3v) is 0.925. The Hall–Kier alpha value is -1.32. The Balaban J connectivity index is 4.19. The lowest BCUT2D eigenvalue weighted by Crippen LogP contribution is -2.19. The fraction of sp³-hybridized carbons (Fsp3) is 0.333. The van der Waals surface area contributed by atoms with Crippen molar-refractivity contribution in [3.05, 3.63) is 11.6 Å². The second-order valence-corrected chi connectivity index (χ2v) is 1.74. The topological polar surface area (TPSA) is 66.4 Å². The molecule has 0 spiro atoms. The van der Waals surface area contributed by atoms with Crippen molar-refractivity contribution in [1.29, 1.82) is 0 Å². The fourth-order valence-electron chi connectivity index (χ4n) is 0.448. The van der Waals surface area contributed by atoms with Gasteiger partial charge in [-0.3, -0.25) is 4.79 Å². The smallest absolute Gasteiger partial charge is 0.328 e. The van der Waals surface area contributed by atoms with Crippen LogP contribution in [-0.2, 0) is 9.59 Å². The minimum atomic E-state index is -1.11. The predicted octanol–water partition coefficient (Wildman–Crippen LogP) is -0.237. The Morgan fingerprint density at radius 3 is 2.30 bits per heavy atom. The Morgan fingerprint density at radius 1 is 1.50 bits per heavy atom. The van der Waals surface area contributed by atoms with Crippen LogP contribution in [0.25, 0.3) is 0 Å². The molecule has 0 unspecified atom stereocenters. The zero-order chi connectivity index (χ0) is 8.15. The second-order valence-electron chi connectivity index (χ2n) is 1.74. The molecule has 0 rings (SSSR count). The number of carbonyl (C=O) groups excluding carboxylic acids is 1. The predicted molar refractivity (Wildman–Crippen MR) is 35.5 cm³/mol. The molecule has 0 radical (unpaired) electrons. The van der Waals surface area contributed by atoms with Gasteiger partial charge in [-0.25, -0.2) is 4.79 Å². The molecule has 0 aliphatic heterocycles. The summed E-state index contributed by atoms with van der Waals surface area (Å²) in [6, 6.07) is 0. The van der Waals surface area contributed by atoms with Crippen LogP contribution in [0.15, 0.2) is 11.6 Å². The number of nitrogens with one attached hydrogen (secondary N) is 1. The quantitative estimate of drug-likeness (QED) is 0.524. The summed E-state index contributed by atoms with van der Waals surface area (Å²) >= 11 is 0. The Kier molecular flexibility index (Phi) is 3.17. The molecule has 0 aliphatic carbocycles. The Morgan fingerprint density at radius 2 is 2.00 bits per heavy atom. The van der Waals surface area contributed by atoms with E-state index in [2.05, 4.69) is 5.32 Å². The first-order valence-corrected chi connectivity index (χ1v) is 2.71. The molecule has 0 bridgehead atoms. The number of hydrogen-bond acceptors (Lipinski definition) is 2. The van der Waals surface area contributed by atoms with E-state index in [1.54, 1.807) is 0 Å². The van der Waals surface area contributed by atoms with Crippen molar-refractivity contribution in [3.63, 3.8) is 0 Å². The zero-order valence-corrected chi connectivity index (χ0v) is 5.84. The standard InChI is InChI=1S/C6H9NO3/c1-4(3-5(8)9)6(10)7-2/h3H,1-2H3,(H,7,10)(H,8,9)/b4-3+. The Bertz CT molecular complexity index is 183. The van der Waals surface area contributed by atoms with Gasteiger partial charge in [0.15, 0.2) is 0 Å². The van der Waals surface area contributed by atoms with Gasteiger partial charge in [0.25, 0.3) is 0 Å². The van der Waals surface area contributed by atoms with E-state index in [1.807, 2.05) is 0 Å². The minimum absolute atomic E-state index is 0.190. The summed E-state index contributed by atoms with van der Waals surface area (Å²) in [4.78, 5) is 20.6. The van der Waals surface area contributed by atoms with Crippen molar-refractivity contribution >= 4 is 11.9 Å². The third kappa shape index (κ3) is 2.86. The van der Waals surface area contributed by atoms with E-state index in [0.717, 1.165) is 6.08 Å². The maximum Gasteiger partial charge on any atom is 0.328 e. The van der Waals surface area contributed by atoms with Crippen LogP contribution in [0.4, 0.5) is 0 Å². The maximum absolute atomic E-state index is 10.6. The number of carbonyl (C=O) groups is 2. The summed E-state index contributed by atoms with van der Waals surface area (Å²) in [7, 11) is 1.45. The summed E-state index contributed by atoms with van der Waals surface area (Å²) in [6.45, 7) is 1.44. The van der Waals surface area contributed by atoms with E-state index in [9.17, 15) is 9.59 Å². The molecule has 2 N–H and O–H groups in total. The second kappa shape index (κ2) is 3.66. The van der Waals surface area contributed by atoms with Gasteiger partial charge in [-0.05, 0) is 6.92 Å². The van der Waals surface area contributed by atoms with E-state index >= 15 is 0 Å². The van der Waals surface area contributed by atoms with Crippen LogP contribution < -0.4 is 5.32 Å². The largest absolute Gasteiger partial charge is 0.478 e. The SMILES string of the molecule is CNC(=O)/C(C)=C/C(=O)O. The van der Waals surface area contributed by atoms with Crippen molar-refractivity contribution in [3.8, 4) is 0 Å². The first kappa shape index (κ1) is 8.68. The number of hydrogen-bond donors (Lipinski definition) is 2. The molecule has 0 aliphatic rings. The normalized spacial score (nSPS) is 10.8. The van der Waals surface area contributed by atoms with Gasteiger partial charge in [0.2, 0.25) is 5.91 Å². The van der Waals surface area contributed by atoms with Crippen LogP contribution in [0, 0.1) is 0 Å². The average molecular weight is 143 g/mol. The lowest BCUT2D eigenvalue weighted by molar-refractivity contribution is -0.131. The molecule has 1 amide bonds. The summed E-state index contributed by atoms with van der Waals surface area (Å²) < 4.78 is 0. The van der Waals surface area contributed by atoms with E-state index in [1.165, 1.54) is 14.0 Å². The van der Waals surface area contributed by atoms with Crippen molar-refractivity contribution in [2.24, 2.45) is 0 Å². The Labute approximate surface area is 58.5 Å². The molecule has 0 aromatic rings.